The van der Waals surface area contributed by atoms with E-state index in [1.807, 2.05) is 0 Å². The summed E-state index contributed by atoms with van der Waals surface area (Å²) >= 11 is 0. The van der Waals surface area contributed by atoms with Gasteiger partial charge in [0.1, 0.15) is 0 Å². The molecule has 11 heavy (non-hydrogen) atoms. The molecule has 0 aromatic rings. The van der Waals surface area contributed by atoms with Crippen LogP contribution in [0.3, 0.4) is 0 Å². The van der Waals surface area contributed by atoms with Crippen LogP contribution in [-0.2, 0) is 15.5 Å². The molecule has 0 fully saturated rings. The molecule has 0 aliphatic heterocycles. The predicted octanol–water partition coefficient (Wildman–Crippen LogP) is 1.40. The van der Waals surface area contributed by atoms with Gasteiger partial charge in [0.2, 0.25) is 10.9 Å². The third kappa shape index (κ3) is 4.19. The van der Waals surface area contributed by atoms with E-state index in [9.17, 15) is 4.89 Å². The van der Waals surface area contributed by atoms with Crippen LogP contribution in [0, 0.1) is 0 Å². The largest absolute Gasteiger partial charge is 0.450 e. The van der Waals surface area contributed by atoms with Crippen molar-refractivity contribution in [3.63, 3.8) is 0 Å². The summed E-state index contributed by atoms with van der Waals surface area (Å²) in [4.78, 5) is 9.67. The van der Waals surface area contributed by atoms with Gasteiger partial charge in [-0.3, -0.25) is 9.42 Å². The van der Waals surface area contributed by atoms with Gasteiger partial charge in [-0.25, -0.2) is 5.09 Å². The van der Waals surface area contributed by atoms with Gasteiger partial charge in [-0.05, 0) is 14.0 Å². The first-order chi connectivity index (χ1) is 5.08. The van der Waals surface area contributed by atoms with Gasteiger partial charge >= 0.3 is 6.64 Å². The average molecular weight is 198 g/mol. The van der Waals surface area contributed by atoms with Gasteiger partial charge in [-0.2, -0.15) is 0 Å². The molecule has 2 N–H and O–H groups in total. The monoisotopic (exact) mass is 198 g/mol. The van der Waals surface area contributed by atoms with E-state index in [0.29, 0.717) is 5.25 Å². The van der Waals surface area contributed by atoms with E-state index in [1.165, 1.54) is 18.0 Å². The zero-order chi connectivity index (χ0) is 8.91. The normalized spacial score (nSPS) is 19.0. The molecule has 0 rings (SSSR count). The van der Waals surface area contributed by atoms with Crippen LogP contribution < -0.4 is 5.09 Å². The predicted molar refractivity (Wildman–Crippen MR) is 52.3 cm³/mol. The van der Waals surface area contributed by atoms with Crippen molar-refractivity contribution in [2.45, 2.75) is 25.5 Å². The second-order valence-electron chi connectivity index (χ2n) is 2.25. The fourth-order valence-corrected chi connectivity index (χ4v) is 4.00. The molecule has 68 valence electrons. The first kappa shape index (κ1) is 11.5. The van der Waals surface area contributed by atoms with Crippen LogP contribution in [0.25, 0.3) is 0 Å². The van der Waals surface area contributed by atoms with Crippen LogP contribution >= 0.6 is 6.64 Å². The Kier molecular flexibility index (Phi) is 5.48. The third-order valence-electron chi connectivity index (χ3n) is 1.43. The smallest absolute Gasteiger partial charge is 0.299 e. The SMILES string of the molecule is CCC(C)[S+]=P(O)(NC)OC. The summed E-state index contributed by atoms with van der Waals surface area (Å²) in [6.07, 6.45) is 1.04. The van der Waals surface area contributed by atoms with E-state index in [-0.39, 0.29) is 0 Å². The molecule has 0 saturated carbocycles. The van der Waals surface area contributed by atoms with Crippen molar-refractivity contribution in [2.75, 3.05) is 14.2 Å². The molecule has 2 atom stereocenters. The minimum atomic E-state index is -2.34. The molecule has 0 radical (unpaired) electrons. The van der Waals surface area contributed by atoms with Crippen molar-refractivity contribution >= 4 is 17.6 Å². The van der Waals surface area contributed by atoms with E-state index < -0.39 is 6.64 Å². The molecule has 0 spiro atoms. The van der Waals surface area contributed by atoms with Gasteiger partial charge in [-0.15, -0.1) is 0 Å². The maximum Gasteiger partial charge on any atom is 0.450 e. The molecule has 0 heterocycles. The molecule has 0 aromatic heterocycles. The van der Waals surface area contributed by atoms with Gasteiger partial charge in [0.25, 0.3) is 0 Å². The molecule has 3 nitrogen and oxygen atoms in total. The lowest BCUT2D eigenvalue weighted by Crippen LogP contribution is -2.08. The van der Waals surface area contributed by atoms with Gasteiger partial charge in [0, 0.05) is 13.5 Å². The minimum absolute atomic E-state index is 0.431. The summed E-state index contributed by atoms with van der Waals surface area (Å²) in [6, 6.07) is 0. The Morgan fingerprint density at radius 1 is 1.73 bits per heavy atom. The first-order valence-electron chi connectivity index (χ1n) is 3.63. The maximum atomic E-state index is 9.67. The Morgan fingerprint density at radius 3 is 2.55 bits per heavy atom. The van der Waals surface area contributed by atoms with E-state index in [2.05, 4.69) is 18.9 Å². The molecule has 0 bridgehead atoms. The highest BCUT2D eigenvalue weighted by Crippen LogP contribution is 2.38. The second kappa shape index (κ2) is 5.22. The van der Waals surface area contributed by atoms with Gasteiger partial charge in [0.05, 0.1) is 0 Å². The standard InChI is InChI=1S/C6H17NO2PS/c1-5-6(2)11-10(8,7-3)9-4/h6-8H,5H2,1-4H3/q+1. The molecular weight excluding hydrogens is 181 g/mol. The van der Waals surface area contributed by atoms with Crippen LogP contribution in [0.15, 0.2) is 0 Å². The number of rotatable bonds is 4. The Balaban J connectivity index is 4.33. The van der Waals surface area contributed by atoms with Crippen molar-refractivity contribution in [3.8, 4) is 0 Å². The number of hydrogen-bond donors (Lipinski definition) is 2. The van der Waals surface area contributed by atoms with Gasteiger partial charge in [0.15, 0.2) is 5.25 Å². The number of nitrogens with one attached hydrogen (secondary N) is 1. The lowest BCUT2D eigenvalue weighted by Gasteiger charge is -2.04. The summed E-state index contributed by atoms with van der Waals surface area (Å²) in [6.45, 7) is 1.83. The molecule has 0 amide bonds. The summed E-state index contributed by atoms with van der Waals surface area (Å²) in [7, 11) is 4.72. The van der Waals surface area contributed by atoms with Crippen LogP contribution in [0.2, 0.25) is 0 Å². The summed E-state index contributed by atoms with van der Waals surface area (Å²) in [5, 5.41) is 3.23. The van der Waals surface area contributed by atoms with Crippen molar-refractivity contribution in [1.29, 1.82) is 0 Å². The lowest BCUT2D eigenvalue weighted by atomic mass is 10.4. The maximum absolute atomic E-state index is 9.67. The van der Waals surface area contributed by atoms with Crippen LogP contribution in [0.1, 0.15) is 20.3 Å². The Labute approximate surface area is 72.3 Å². The first-order valence-corrected chi connectivity index (χ1v) is 6.77. The topological polar surface area (TPSA) is 41.5 Å². The Bertz CT molecular complexity index is 155. The van der Waals surface area contributed by atoms with E-state index in [1.54, 1.807) is 7.05 Å². The number of hydrogen-bond acceptors (Lipinski definition) is 1. The molecule has 0 aromatic carbocycles. The zero-order valence-electron chi connectivity index (χ0n) is 7.50. The summed E-state index contributed by atoms with van der Waals surface area (Å²) in [5.74, 6) is 0. The van der Waals surface area contributed by atoms with Crippen LogP contribution in [-0.4, -0.2) is 24.3 Å². The highest BCUT2D eigenvalue weighted by Gasteiger charge is 2.26. The van der Waals surface area contributed by atoms with E-state index in [4.69, 9.17) is 4.52 Å². The van der Waals surface area contributed by atoms with Gasteiger partial charge in [-0.1, -0.05) is 6.92 Å². The van der Waals surface area contributed by atoms with Crippen LogP contribution in [0.4, 0.5) is 0 Å². The molecule has 0 aliphatic carbocycles. The molecule has 0 aliphatic rings. The highest BCUT2D eigenvalue weighted by molar-refractivity contribution is 8.18. The average Bonchev–Trinajstić information content (AvgIpc) is 2.04. The van der Waals surface area contributed by atoms with E-state index in [0.717, 1.165) is 6.42 Å². The Morgan fingerprint density at radius 2 is 2.27 bits per heavy atom. The summed E-state index contributed by atoms with van der Waals surface area (Å²) in [5.41, 5.74) is 0. The van der Waals surface area contributed by atoms with Crippen molar-refractivity contribution in [2.24, 2.45) is 0 Å². The van der Waals surface area contributed by atoms with Crippen molar-refractivity contribution in [1.82, 2.24) is 5.09 Å². The molecular formula is C6H17NO2PS+. The molecule has 0 saturated heterocycles. The van der Waals surface area contributed by atoms with E-state index >= 15 is 0 Å². The molecule has 5 heteroatoms. The van der Waals surface area contributed by atoms with Crippen molar-refractivity contribution < 1.29 is 9.42 Å². The van der Waals surface area contributed by atoms with Crippen LogP contribution in [0.5, 0.6) is 0 Å². The fraction of sp³-hybridized carbons (Fsp3) is 1.00. The summed E-state index contributed by atoms with van der Waals surface area (Å²) < 4.78 is 4.98. The van der Waals surface area contributed by atoms with Crippen molar-refractivity contribution in [3.05, 3.63) is 0 Å². The Hall–Kier alpha value is 0.530. The quantitative estimate of drug-likeness (QED) is 0.530. The fourth-order valence-electron chi connectivity index (χ4n) is 0.505. The van der Waals surface area contributed by atoms with Gasteiger partial charge < -0.3 is 0 Å². The third-order valence-corrected chi connectivity index (χ3v) is 6.40. The zero-order valence-corrected chi connectivity index (χ0v) is 9.21. The molecule has 2 unspecified atom stereocenters. The second-order valence-corrected chi connectivity index (χ2v) is 7.24. The highest BCUT2D eigenvalue weighted by atomic mass is 32.5. The minimum Gasteiger partial charge on any atom is -0.299 e. The lowest BCUT2D eigenvalue weighted by molar-refractivity contribution is 0.378.